The van der Waals surface area contributed by atoms with E-state index < -0.39 is 10.0 Å². The van der Waals surface area contributed by atoms with E-state index in [1.54, 1.807) is 0 Å². The largest absolute Gasteiger partial charge is 0.269 e. The molecule has 2 rings (SSSR count). The zero-order valence-corrected chi connectivity index (χ0v) is 14.9. The second kappa shape index (κ2) is 5.94. The summed E-state index contributed by atoms with van der Waals surface area (Å²) in [5.74, 6) is 0. The molecule has 0 saturated carbocycles. The van der Waals surface area contributed by atoms with Crippen LogP contribution in [0.2, 0.25) is 5.15 Å². The Labute approximate surface area is 137 Å². The number of benzene rings is 1. The van der Waals surface area contributed by atoms with Crippen molar-refractivity contribution in [3.05, 3.63) is 51.2 Å². The van der Waals surface area contributed by atoms with Gasteiger partial charge in [-0.15, -0.1) is 0 Å². The number of hydrogen-bond donors (Lipinski definition) is 0. The maximum absolute atomic E-state index is 12.7. The normalized spacial score (nSPS) is 11.5. The van der Waals surface area contributed by atoms with Gasteiger partial charge < -0.3 is 0 Å². The van der Waals surface area contributed by atoms with Gasteiger partial charge in [0.25, 0.3) is 10.0 Å². The molecule has 7 heteroatoms. The highest BCUT2D eigenvalue weighted by molar-refractivity contribution is 9.10. The SMILES string of the molecule is Cc1cc(C)cc(N(C)S(=O)(=O)c2cc(Br)cnc2Cl)c1. The minimum Gasteiger partial charge on any atom is -0.269 e. The number of sulfonamides is 1. The number of hydrogen-bond acceptors (Lipinski definition) is 3. The Morgan fingerprint density at radius 3 is 2.29 bits per heavy atom. The first kappa shape index (κ1) is 16.3. The molecule has 0 N–H and O–H groups in total. The summed E-state index contributed by atoms with van der Waals surface area (Å²) >= 11 is 9.15. The molecule has 0 aliphatic rings. The average molecular weight is 390 g/mol. The van der Waals surface area contributed by atoms with Crippen LogP contribution >= 0.6 is 27.5 Å². The molecule has 0 bridgehead atoms. The molecule has 0 aliphatic heterocycles. The quantitative estimate of drug-likeness (QED) is 0.747. The molecule has 0 saturated heterocycles. The predicted octanol–water partition coefficient (Wildman–Crippen LogP) is 3.94. The minimum absolute atomic E-state index is 0.0276. The smallest absolute Gasteiger partial charge is 0.267 e. The molecule has 1 aromatic carbocycles. The van der Waals surface area contributed by atoms with Crippen molar-refractivity contribution in [3.8, 4) is 0 Å². The Balaban J connectivity index is 2.55. The van der Waals surface area contributed by atoms with Gasteiger partial charge in [0.15, 0.2) is 0 Å². The number of aromatic nitrogens is 1. The van der Waals surface area contributed by atoms with Crippen LogP contribution in [0.25, 0.3) is 0 Å². The van der Waals surface area contributed by atoms with Crippen LogP contribution in [0.1, 0.15) is 11.1 Å². The van der Waals surface area contributed by atoms with Crippen LogP contribution in [0, 0.1) is 13.8 Å². The maximum atomic E-state index is 12.7. The zero-order valence-electron chi connectivity index (χ0n) is 11.8. The van der Waals surface area contributed by atoms with E-state index in [4.69, 9.17) is 11.6 Å². The Morgan fingerprint density at radius 2 is 1.71 bits per heavy atom. The Hall–Kier alpha value is -1.11. The van der Waals surface area contributed by atoms with Crippen molar-refractivity contribution in [3.63, 3.8) is 0 Å². The van der Waals surface area contributed by atoms with Gasteiger partial charge in [-0.05, 0) is 59.1 Å². The van der Waals surface area contributed by atoms with E-state index in [0.29, 0.717) is 10.2 Å². The van der Waals surface area contributed by atoms with Crippen LogP contribution < -0.4 is 4.31 Å². The summed E-state index contributed by atoms with van der Waals surface area (Å²) in [5, 5.41) is -0.0468. The Morgan fingerprint density at radius 1 is 1.14 bits per heavy atom. The molecule has 0 radical (unpaired) electrons. The molecule has 0 spiro atoms. The zero-order chi connectivity index (χ0) is 15.8. The highest BCUT2D eigenvalue weighted by Gasteiger charge is 2.25. The summed E-state index contributed by atoms with van der Waals surface area (Å²) in [6.45, 7) is 3.84. The van der Waals surface area contributed by atoms with E-state index in [1.807, 2.05) is 32.0 Å². The third-order valence-corrected chi connectivity index (χ3v) is 5.63. The molecule has 0 aliphatic carbocycles. The highest BCUT2D eigenvalue weighted by Crippen LogP contribution is 2.29. The summed E-state index contributed by atoms with van der Waals surface area (Å²) in [4.78, 5) is 3.84. The molecule has 0 amide bonds. The fourth-order valence-electron chi connectivity index (χ4n) is 2.00. The molecule has 21 heavy (non-hydrogen) atoms. The van der Waals surface area contributed by atoms with Gasteiger partial charge in [-0.1, -0.05) is 17.7 Å². The lowest BCUT2D eigenvalue weighted by Gasteiger charge is -2.21. The lowest BCUT2D eigenvalue weighted by atomic mass is 10.1. The van der Waals surface area contributed by atoms with Crippen molar-refractivity contribution in [2.45, 2.75) is 18.7 Å². The molecule has 1 heterocycles. The van der Waals surface area contributed by atoms with Crippen LogP contribution in [-0.4, -0.2) is 20.4 Å². The van der Waals surface area contributed by atoms with E-state index in [-0.39, 0.29) is 10.0 Å². The first-order valence-corrected chi connectivity index (χ1v) is 8.71. The second-order valence-electron chi connectivity index (χ2n) is 4.76. The molecule has 1 aromatic heterocycles. The fourth-order valence-corrected chi connectivity index (χ4v) is 4.10. The number of pyridine rings is 1. The second-order valence-corrected chi connectivity index (χ2v) is 7.97. The van der Waals surface area contributed by atoms with Crippen molar-refractivity contribution in [1.29, 1.82) is 0 Å². The molecule has 0 unspecified atom stereocenters. The summed E-state index contributed by atoms with van der Waals surface area (Å²) in [7, 11) is -2.27. The third-order valence-electron chi connectivity index (χ3n) is 2.98. The Bertz CT molecular complexity index is 773. The van der Waals surface area contributed by atoms with Crippen LogP contribution in [0.5, 0.6) is 0 Å². The van der Waals surface area contributed by atoms with E-state index in [2.05, 4.69) is 20.9 Å². The molecular formula is C14H14BrClN2O2S. The van der Waals surface area contributed by atoms with Gasteiger partial charge in [-0.3, -0.25) is 4.31 Å². The molecule has 112 valence electrons. The van der Waals surface area contributed by atoms with E-state index in [9.17, 15) is 8.42 Å². The lowest BCUT2D eigenvalue weighted by Crippen LogP contribution is -2.27. The van der Waals surface area contributed by atoms with Gasteiger partial charge in [-0.25, -0.2) is 13.4 Å². The van der Waals surface area contributed by atoms with Crippen molar-refractivity contribution in [1.82, 2.24) is 4.98 Å². The highest BCUT2D eigenvalue weighted by atomic mass is 79.9. The lowest BCUT2D eigenvalue weighted by molar-refractivity contribution is 0.594. The first-order valence-electron chi connectivity index (χ1n) is 6.10. The third kappa shape index (κ3) is 3.39. The number of nitrogens with zero attached hydrogens (tertiary/aromatic N) is 2. The van der Waals surface area contributed by atoms with Crippen LogP contribution in [0.15, 0.2) is 39.8 Å². The van der Waals surface area contributed by atoms with Crippen molar-refractivity contribution >= 4 is 43.2 Å². The Kier molecular flexibility index (Phi) is 4.60. The minimum atomic E-state index is -3.77. The number of halogens is 2. The summed E-state index contributed by atoms with van der Waals surface area (Å²) < 4.78 is 27.2. The maximum Gasteiger partial charge on any atom is 0.267 e. The number of aryl methyl sites for hydroxylation is 2. The predicted molar refractivity (Wildman–Crippen MR) is 88.5 cm³/mol. The van der Waals surface area contributed by atoms with Gasteiger partial charge >= 0.3 is 0 Å². The van der Waals surface area contributed by atoms with Crippen molar-refractivity contribution in [2.24, 2.45) is 0 Å². The summed E-state index contributed by atoms with van der Waals surface area (Å²) in [6.07, 6.45) is 1.46. The summed E-state index contributed by atoms with van der Waals surface area (Å²) in [6, 6.07) is 7.05. The van der Waals surface area contributed by atoms with Crippen molar-refractivity contribution < 1.29 is 8.42 Å². The summed E-state index contributed by atoms with van der Waals surface area (Å²) in [5.41, 5.74) is 2.57. The van der Waals surface area contributed by atoms with Crippen LogP contribution in [-0.2, 0) is 10.0 Å². The topological polar surface area (TPSA) is 50.3 Å². The number of anilines is 1. The molecule has 4 nitrogen and oxygen atoms in total. The average Bonchev–Trinajstić information content (AvgIpc) is 2.39. The first-order chi connectivity index (χ1) is 9.71. The van der Waals surface area contributed by atoms with E-state index in [1.165, 1.54) is 23.6 Å². The van der Waals surface area contributed by atoms with Gasteiger partial charge in [0.1, 0.15) is 10.0 Å². The van der Waals surface area contributed by atoms with E-state index >= 15 is 0 Å². The molecular weight excluding hydrogens is 376 g/mol. The van der Waals surface area contributed by atoms with Crippen LogP contribution in [0.4, 0.5) is 5.69 Å². The fraction of sp³-hybridized carbons (Fsp3) is 0.214. The molecule has 2 aromatic rings. The van der Waals surface area contributed by atoms with Gasteiger partial charge in [-0.2, -0.15) is 0 Å². The molecule has 0 atom stereocenters. The van der Waals surface area contributed by atoms with Gasteiger partial charge in [0, 0.05) is 17.7 Å². The monoisotopic (exact) mass is 388 g/mol. The van der Waals surface area contributed by atoms with Crippen molar-refractivity contribution in [2.75, 3.05) is 11.4 Å². The molecule has 0 fully saturated rings. The van der Waals surface area contributed by atoms with Gasteiger partial charge in [0.05, 0.1) is 5.69 Å². The number of rotatable bonds is 3. The standard InChI is InChI=1S/C14H14BrClN2O2S/c1-9-4-10(2)6-12(5-9)18(3)21(19,20)13-7-11(15)8-17-14(13)16/h4-8H,1-3H3. The van der Waals surface area contributed by atoms with Gasteiger partial charge in [0.2, 0.25) is 0 Å². The van der Waals surface area contributed by atoms with Crippen LogP contribution in [0.3, 0.4) is 0 Å². The van der Waals surface area contributed by atoms with E-state index in [0.717, 1.165) is 11.1 Å².